The summed E-state index contributed by atoms with van der Waals surface area (Å²) in [5, 5.41) is 8.41. The van der Waals surface area contributed by atoms with Gasteiger partial charge in [0, 0.05) is 10.5 Å². The van der Waals surface area contributed by atoms with Gasteiger partial charge in [-0.2, -0.15) is 13.2 Å². The molecule has 0 heterocycles. The van der Waals surface area contributed by atoms with Crippen molar-refractivity contribution in [3.8, 4) is 11.8 Å². The zero-order chi connectivity index (χ0) is 11.3. The van der Waals surface area contributed by atoms with Crippen LogP contribution in [0.5, 0.6) is 0 Å². The maximum absolute atomic E-state index is 11.9. The number of benzene rings is 1. The van der Waals surface area contributed by atoms with E-state index in [2.05, 4.69) is 11.8 Å². The van der Waals surface area contributed by atoms with E-state index in [1.807, 2.05) is 0 Å². The Morgan fingerprint density at radius 2 is 1.80 bits per heavy atom. The molecule has 0 aliphatic carbocycles. The molecule has 1 aromatic carbocycles. The van der Waals surface area contributed by atoms with Gasteiger partial charge in [0.05, 0.1) is 0 Å². The van der Waals surface area contributed by atoms with E-state index in [9.17, 15) is 13.2 Å². The van der Waals surface area contributed by atoms with E-state index in [0.717, 1.165) is 0 Å². The second kappa shape index (κ2) is 5.10. The first-order valence-corrected chi connectivity index (χ1v) is 4.78. The topological polar surface area (TPSA) is 20.2 Å². The van der Waals surface area contributed by atoms with E-state index in [-0.39, 0.29) is 23.3 Å². The van der Waals surface area contributed by atoms with Gasteiger partial charge in [0.15, 0.2) is 0 Å². The molecule has 0 aromatic heterocycles. The summed E-state index contributed by atoms with van der Waals surface area (Å²) in [7, 11) is 0. The molecule has 0 radical (unpaired) electrons. The van der Waals surface area contributed by atoms with Gasteiger partial charge in [-0.3, -0.25) is 0 Å². The summed E-state index contributed by atoms with van der Waals surface area (Å²) in [6.07, 6.45) is 0. The summed E-state index contributed by atoms with van der Waals surface area (Å²) in [6.45, 7) is -0.265. The number of thioether (sulfide) groups is 1. The maximum atomic E-state index is 11.9. The van der Waals surface area contributed by atoms with Gasteiger partial charge in [-0.1, -0.05) is 11.8 Å². The molecule has 0 atom stereocenters. The summed E-state index contributed by atoms with van der Waals surface area (Å²) < 4.78 is 35.8. The summed E-state index contributed by atoms with van der Waals surface area (Å²) in [5.41, 5.74) is -3.69. The number of hydrogen-bond acceptors (Lipinski definition) is 2. The number of rotatable bonds is 1. The molecule has 1 N–H and O–H groups in total. The van der Waals surface area contributed by atoms with E-state index in [1.54, 1.807) is 0 Å². The molecule has 0 saturated heterocycles. The van der Waals surface area contributed by atoms with E-state index >= 15 is 0 Å². The molecule has 1 rings (SSSR count). The van der Waals surface area contributed by atoms with Crippen LogP contribution in [0.4, 0.5) is 13.2 Å². The van der Waals surface area contributed by atoms with Crippen LogP contribution in [0, 0.1) is 11.8 Å². The Labute approximate surface area is 89.3 Å². The number of aliphatic hydroxyl groups is 1. The third-order valence-electron chi connectivity index (χ3n) is 1.40. The normalized spacial score (nSPS) is 10.7. The van der Waals surface area contributed by atoms with Crippen LogP contribution in [0.25, 0.3) is 0 Å². The highest BCUT2D eigenvalue weighted by molar-refractivity contribution is 8.00. The smallest absolute Gasteiger partial charge is 0.384 e. The summed E-state index contributed by atoms with van der Waals surface area (Å²) in [4.78, 5) is 0.122. The number of halogens is 3. The Kier molecular flexibility index (Phi) is 4.06. The van der Waals surface area contributed by atoms with Crippen LogP contribution in [0.15, 0.2) is 29.2 Å². The largest absolute Gasteiger partial charge is 0.446 e. The Hall–Kier alpha value is -1.12. The molecule has 0 fully saturated rings. The molecule has 1 nitrogen and oxygen atoms in total. The Morgan fingerprint density at radius 3 is 2.27 bits per heavy atom. The summed E-state index contributed by atoms with van der Waals surface area (Å²) in [6, 6.07) is 5.66. The third kappa shape index (κ3) is 4.77. The lowest BCUT2D eigenvalue weighted by Crippen LogP contribution is -1.98. The van der Waals surface area contributed by atoms with Crippen LogP contribution in [0.2, 0.25) is 0 Å². The fourth-order valence-corrected chi connectivity index (χ4v) is 1.42. The summed E-state index contributed by atoms with van der Waals surface area (Å²) >= 11 is -0.164. The van der Waals surface area contributed by atoms with Crippen LogP contribution < -0.4 is 0 Å². The summed E-state index contributed by atoms with van der Waals surface area (Å²) in [5.74, 6) is 5.00. The first kappa shape index (κ1) is 12.0. The minimum atomic E-state index is -4.27. The van der Waals surface area contributed by atoms with E-state index < -0.39 is 5.51 Å². The third-order valence-corrected chi connectivity index (χ3v) is 2.14. The highest BCUT2D eigenvalue weighted by Gasteiger charge is 2.28. The van der Waals surface area contributed by atoms with Crippen molar-refractivity contribution in [2.24, 2.45) is 0 Å². The quantitative estimate of drug-likeness (QED) is 0.593. The van der Waals surface area contributed by atoms with Crippen LogP contribution in [-0.2, 0) is 0 Å². The first-order chi connectivity index (χ1) is 7.01. The zero-order valence-corrected chi connectivity index (χ0v) is 8.32. The van der Waals surface area contributed by atoms with Crippen molar-refractivity contribution in [2.75, 3.05) is 6.61 Å². The molecule has 0 aliphatic heterocycles. The van der Waals surface area contributed by atoms with Gasteiger partial charge in [-0.05, 0) is 36.0 Å². The molecule has 80 valence electrons. The molecular weight excluding hydrogens is 225 g/mol. The van der Waals surface area contributed by atoms with Crippen LogP contribution in [0.1, 0.15) is 5.56 Å². The van der Waals surface area contributed by atoms with Crippen molar-refractivity contribution in [2.45, 2.75) is 10.4 Å². The van der Waals surface area contributed by atoms with E-state index in [4.69, 9.17) is 5.11 Å². The lowest BCUT2D eigenvalue weighted by Gasteiger charge is -2.04. The molecular formula is C10H7F3OS. The lowest BCUT2D eigenvalue weighted by molar-refractivity contribution is -0.0328. The minimum absolute atomic E-state index is 0.122. The van der Waals surface area contributed by atoms with Gasteiger partial charge in [0.1, 0.15) is 6.61 Å². The molecule has 0 spiro atoms. The number of hydrogen-bond donors (Lipinski definition) is 1. The molecule has 1 aromatic rings. The zero-order valence-electron chi connectivity index (χ0n) is 7.51. The van der Waals surface area contributed by atoms with Gasteiger partial charge in [0.25, 0.3) is 0 Å². The molecule has 0 aliphatic rings. The molecule has 0 unspecified atom stereocenters. The second-order valence-corrected chi connectivity index (χ2v) is 3.67. The first-order valence-electron chi connectivity index (χ1n) is 3.97. The van der Waals surface area contributed by atoms with Gasteiger partial charge in [-0.25, -0.2) is 0 Å². The van der Waals surface area contributed by atoms with Crippen molar-refractivity contribution in [3.63, 3.8) is 0 Å². The number of alkyl halides is 3. The maximum Gasteiger partial charge on any atom is 0.446 e. The average molecular weight is 232 g/mol. The van der Waals surface area contributed by atoms with Crippen molar-refractivity contribution in [1.29, 1.82) is 0 Å². The number of aliphatic hydroxyl groups excluding tert-OH is 1. The standard InChI is InChI=1S/C10H7F3OS/c11-10(12,13)15-9-5-3-8(4-6-9)2-1-7-14/h3-6,14H,7H2. The molecule has 0 amide bonds. The van der Waals surface area contributed by atoms with Crippen LogP contribution in [-0.4, -0.2) is 17.2 Å². The predicted octanol–water partition coefficient (Wildman–Crippen LogP) is 2.64. The Bertz CT molecular complexity index is 372. The van der Waals surface area contributed by atoms with Gasteiger partial charge in [0.2, 0.25) is 0 Å². The van der Waals surface area contributed by atoms with Crippen molar-refractivity contribution in [1.82, 2.24) is 0 Å². The second-order valence-electron chi connectivity index (χ2n) is 2.53. The van der Waals surface area contributed by atoms with Gasteiger partial charge in [-0.15, -0.1) is 0 Å². The molecule has 15 heavy (non-hydrogen) atoms. The SMILES string of the molecule is OCC#Cc1ccc(SC(F)(F)F)cc1. The monoisotopic (exact) mass is 232 g/mol. The van der Waals surface area contributed by atoms with Crippen molar-refractivity contribution < 1.29 is 18.3 Å². The fourth-order valence-electron chi connectivity index (χ4n) is 0.882. The predicted molar refractivity (Wildman–Crippen MR) is 52.3 cm³/mol. The van der Waals surface area contributed by atoms with Gasteiger partial charge >= 0.3 is 5.51 Å². The minimum Gasteiger partial charge on any atom is -0.384 e. The van der Waals surface area contributed by atoms with Crippen LogP contribution >= 0.6 is 11.8 Å². The van der Waals surface area contributed by atoms with Gasteiger partial charge < -0.3 is 5.11 Å². The highest BCUT2D eigenvalue weighted by atomic mass is 32.2. The Balaban J connectivity index is 2.73. The lowest BCUT2D eigenvalue weighted by atomic mass is 10.2. The van der Waals surface area contributed by atoms with Crippen molar-refractivity contribution >= 4 is 11.8 Å². The average Bonchev–Trinajstić information content (AvgIpc) is 2.14. The molecule has 0 saturated carbocycles. The van der Waals surface area contributed by atoms with E-state index in [0.29, 0.717) is 5.56 Å². The van der Waals surface area contributed by atoms with E-state index in [1.165, 1.54) is 24.3 Å². The Morgan fingerprint density at radius 1 is 1.20 bits per heavy atom. The highest BCUT2D eigenvalue weighted by Crippen LogP contribution is 2.36. The molecule has 0 bridgehead atoms. The van der Waals surface area contributed by atoms with Crippen molar-refractivity contribution in [3.05, 3.63) is 29.8 Å². The van der Waals surface area contributed by atoms with Crippen LogP contribution in [0.3, 0.4) is 0 Å². The fraction of sp³-hybridized carbons (Fsp3) is 0.200. The molecule has 5 heteroatoms.